The van der Waals surface area contributed by atoms with Crippen LogP contribution >= 0.6 is 0 Å². The van der Waals surface area contributed by atoms with Gasteiger partial charge in [0, 0.05) is 0 Å². The number of hydrogen-bond donors (Lipinski definition) is 2. The Kier molecular flexibility index (Phi) is 7.70. The maximum Gasteiger partial charge on any atom is 0.317 e. The van der Waals surface area contributed by atoms with E-state index < -0.39 is 11.9 Å². The minimum Gasteiger partial charge on any atom is -0.480 e. The zero-order chi connectivity index (χ0) is 8.15. The van der Waals surface area contributed by atoms with E-state index >= 15 is 0 Å². The molecular formula is C5H11MgNO4. The predicted molar refractivity (Wildman–Crippen MR) is 41.3 cm³/mol. The lowest BCUT2D eigenvalue weighted by molar-refractivity contribution is -0.141. The smallest absolute Gasteiger partial charge is 0.317 e. The van der Waals surface area contributed by atoms with E-state index in [1.807, 2.05) is 0 Å². The Morgan fingerprint density at radius 3 is 1.64 bits per heavy atom. The van der Waals surface area contributed by atoms with Crippen LogP contribution in [-0.4, -0.2) is 70.2 Å². The molecule has 0 aromatic carbocycles. The normalized spacial score (nSPS) is 8.91. The SMILES string of the molecule is CN(CC(=O)O)CC(=O)O.[MgH2]. The van der Waals surface area contributed by atoms with Gasteiger partial charge >= 0.3 is 35.0 Å². The van der Waals surface area contributed by atoms with Crippen molar-refractivity contribution in [1.29, 1.82) is 0 Å². The molecule has 0 unspecified atom stereocenters. The monoisotopic (exact) mass is 173 g/mol. The van der Waals surface area contributed by atoms with E-state index in [9.17, 15) is 9.59 Å². The number of aliphatic carboxylic acids is 2. The molecule has 0 saturated carbocycles. The summed E-state index contributed by atoms with van der Waals surface area (Å²) in [7, 11) is 1.43. The average molecular weight is 173 g/mol. The van der Waals surface area contributed by atoms with Gasteiger partial charge in [-0.05, 0) is 7.05 Å². The highest BCUT2D eigenvalue weighted by Gasteiger charge is 2.06. The van der Waals surface area contributed by atoms with Crippen LogP contribution in [0.25, 0.3) is 0 Å². The minimum absolute atomic E-state index is 0. The first-order chi connectivity index (χ1) is 4.52. The molecule has 0 amide bonds. The topological polar surface area (TPSA) is 77.8 Å². The first-order valence-electron chi connectivity index (χ1n) is 2.64. The highest BCUT2D eigenvalue weighted by molar-refractivity contribution is 5.75. The van der Waals surface area contributed by atoms with Crippen LogP contribution in [0.3, 0.4) is 0 Å². The van der Waals surface area contributed by atoms with Gasteiger partial charge in [0.25, 0.3) is 0 Å². The van der Waals surface area contributed by atoms with Gasteiger partial charge < -0.3 is 10.2 Å². The van der Waals surface area contributed by atoms with Crippen LogP contribution in [0, 0.1) is 0 Å². The van der Waals surface area contributed by atoms with Crippen LogP contribution in [0.2, 0.25) is 0 Å². The third kappa shape index (κ3) is 9.67. The second-order valence-electron chi connectivity index (χ2n) is 1.96. The fourth-order valence-electron chi connectivity index (χ4n) is 0.518. The van der Waals surface area contributed by atoms with Gasteiger partial charge in [0.15, 0.2) is 0 Å². The molecule has 0 aromatic heterocycles. The number of nitrogens with zero attached hydrogens (tertiary/aromatic N) is 1. The summed E-state index contributed by atoms with van der Waals surface area (Å²) in [5, 5.41) is 16.3. The van der Waals surface area contributed by atoms with E-state index in [1.54, 1.807) is 0 Å². The van der Waals surface area contributed by atoms with E-state index in [2.05, 4.69) is 0 Å². The Balaban J connectivity index is 0. The van der Waals surface area contributed by atoms with Crippen molar-refractivity contribution >= 4 is 35.0 Å². The Morgan fingerprint density at radius 2 is 1.45 bits per heavy atom. The number of carboxylic acids is 2. The third-order valence-electron chi connectivity index (χ3n) is 0.810. The highest BCUT2D eigenvalue weighted by Crippen LogP contribution is 1.80. The zero-order valence-electron chi connectivity index (χ0n) is 5.57. The van der Waals surface area contributed by atoms with Crippen LogP contribution in [0.1, 0.15) is 0 Å². The van der Waals surface area contributed by atoms with Gasteiger partial charge in [-0.3, -0.25) is 14.5 Å². The molecule has 0 radical (unpaired) electrons. The zero-order valence-corrected chi connectivity index (χ0v) is 5.57. The Bertz CT molecular complexity index is 133. The molecule has 0 fully saturated rings. The van der Waals surface area contributed by atoms with Crippen LogP contribution in [-0.2, 0) is 9.59 Å². The molecule has 0 atom stereocenters. The largest absolute Gasteiger partial charge is 0.480 e. The molecule has 62 valence electrons. The molecule has 0 aliphatic heterocycles. The highest BCUT2D eigenvalue weighted by atomic mass is 24.3. The molecule has 0 aliphatic rings. The van der Waals surface area contributed by atoms with E-state index in [0.717, 1.165) is 0 Å². The minimum atomic E-state index is -1.02. The van der Waals surface area contributed by atoms with Crippen molar-refractivity contribution in [3.05, 3.63) is 0 Å². The van der Waals surface area contributed by atoms with E-state index in [4.69, 9.17) is 10.2 Å². The molecule has 0 bridgehead atoms. The second kappa shape index (κ2) is 6.38. The lowest BCUT2D eigenvalue weighted by Gasteiger charge is -2.08. The number of rotatable bonds is 4. The van der Waals surface area contributed by atoms with E-state index in [-0.39, 0.29) is 36.1 Å². The van der Waals surface area contributed by atoms with Gasteiger partial charge in [0.05, 0.1) is 13.1 Å². The van der Waals surface area contributed by atoms with Crippen LogP contribution in [0.5, 0.6) is 0 Å². The lowest BCUT2D eigenvalue weighted by atomic mass is 10.5. The van der Waals surface area contributed by atoms with Gasteiger partial charge in [0.2, 0.25) is 0 Å². The fraction of sp³-hybridized carbons (Fsp3) is 0.600. The second-order valence-corrected chi connectivity index (χ2v) is 1.96. The summed E-state index contributed by atoms with van der Waals surface area (Å²) in [6, 6.07) is 0. The summed E-state index contributed by atoms with van der Waals surface area (Å²) in [6.45, 7) is -0.488. The molecule has 0 heterocycles. The Morgan fingerprint density at radius 1 is 1.18 bits per heavy atom. The molecule has 0 aliphatic carbocycles. The third-order valence-corrected chi connectivity index (χ3v) is 0.810. The first kappa shape index (κ1) is 13.3. The molecule has 5 nitrogen and oxygen atoms in total. The molecule has 0 aromatic rings. The predicted octanol–water partition coefficient (Wildman–Crippen LogP) is -1.83. The molecule has 0 rings (SSSR count). The summed E-state index contributed by atoms with van der Waals surface area (Å²) in [5.41, 5.74) is 0. The van der Waals surface area contributed by atoms with Crippen molar-refractivity contribution in [3.8, 4) is 0 Å². The van der Waals surface area contributed by atoms with Gasteiger partial charge in [-0.15, -0.1) is 0 Å². The fourth-order valence-corrected chi connectivity index (χ4v) is 0.518. The number of carboxylic acid groups (broad SMARTS) is 2. The Labute approximate surface area is 80.1 Å². The lowest BCUT2D eigenvalue weighted by Crippen LogP contribution is -2.30. The van der Waals surface area contributed by atoms with Crippen molar-refractivity contribution in [2.75, 3.05) is 20.1 Å². The van der Waals surface area contributed by atoms with Crippen molar-refractivity contribution in [1.82, 2.24) is 4.90 Å². The summed E-state index contributed by atoms with van der Waals surface area (Å²) < 4.78 is 0. The molecule has 6 heteroatoms. The summed E-state index contributed by atoms with van der Waals surface area (Å²) in [5.74, 6) is -2.05. The molecule has 0 saturated heterocycles. The van der Waals surface area contributed by atoms with Crippen molar-refractivity contribution in [3.63, 3.8) is 0 Å². The average Bonchev–Trinajstić information content (AvgIpc) is 1.58. The van der Waals surface area contributed by atoms with Crippen molar-refractivity contribution in [2.45, 2.75) is 0 Å². The number of hydrogen-bond acceptors (Lipinski definition) is 3. The molecule has 2 N–H and O–H groups in total. The first-order valence-corrected chi connectivity index (χ1v) is 2.64. The van der Waals surface area contributed by atoms with E-state index in [1.165, 1.54) is 11.9 Å². The van der Waals surface area contributed by atoms with Gasteiger partial charge in [-0.2, -0.15) is 0 Å². The number of carbonyl (C=O) groups is 2. The van der Waals surface area contributed by atoms with Crippen molar-refractivity contribution in [2.24, 2.45) is 0 Å². The van der Waals surface area contributed by atoms with Gasteiger partial charge in [-0.1, -0.05) is 0 Å². The molecule has 0 spiro atoms. The van der Waals surface area contributed by atoms with Crippen molar-refractivity contribution < 1.29 is 19.8 Å². The standard InChI is InChI=1S/C5H9NO4.Mg.2H/c1-6(2-4(7)8)3-5(9)10;;;/h2-3H2,1H3,(H,7,8)(H,9,10);;;. The number of likely N-dealkylation sites (N-methyl/N-ethyl adjacent to an activating group) is 1. The van der Waals surface area contributed by atoms with Crippen LogP contribution in [0.4, 0.5) is 0 Å². The van der Waals surface area contributed by atoms with Gasteiger partial charge in [0.1, 0.15) is 0 Å². The van der Waals surface area contributed by atoms with Crippen LogP contribution < -0.4 is 0 Å². The van der Waals surface area contributed by atoms with E-state index in [0.29, 0.717) is 0 Å². The van der Waals surface area contributed by atoms with Crippen LogP contribution in [0.15, 0.2) is 0 Å². The maximum atomic E-state index is 9.96. The summed E-state index contributed by atoms with van der Waals surface area (Å²) in [6.07, 6.45) is 0. The Hall–Kier alpha value is -0.334. The quantitative estimate of drug-likeness (QED) is 0.489. The van der Waals surface area contributed by atoms with Gasteiger partial charge in [-0.25, -0.2) is 0 Å². The maximum absolute atomic E-state index is 9.96. The summed E-state index contributed by atoms with van der Waals surface area (Å²) in [4.78, 5) is 21.1. The molecule has 11 heavy (non-hydrogen) atoms. The summed E-state index contributed by atoms with van der Waals surface area (Å²) >= 11 is 0. The molecular weight excluding hydrogens is 162 g/mol.